The zero-order valence-corrected chi connectivity index (χ0v) is 13.2. The maximum Gasteiger partial charge on any atom is 0.226 e. The van der Waals surface area contributed by atoms with Gasteiger partial charge in [0, 0.05) is 26.3 Å². The van der Waals surface area contributed by atoms with Crippen LogP contribution in [0.3, 0.4) is 0 Å². The Labute approximate surface area is 129 Å². The van der Waals surface area contributed by atoms with Crippen LogP contribution in [0.4, 0.5) is 11.8 Å². The Hall–Kier alpha value is -1.40. The van der Waals surface area contributed by atoms with E-state index >= 15 is 0 Å². The van der Waals surface area contributed by atoms with Gasteiger partial charge in [0.2, 0.25) is 5.95 Å². The zero-order valence-electron chi connectivity index (χ0n) is 12.4. The van der Waals surface area contributed by atoms with E-state index in [1.807, 2.05) is 6.92 Å². The number of anilines is 2. The first kappa shape index (κ1) is 14.5. The molecule has 2 heterocycles. The van der Waals surface area contributed by atoms with Gasteiger partial charge in [-0.05, 0) is 43.6 Å². The van der Waals surface area contributed by atoms with Crippen LogP contribution in [0.1, 0.15) is 26.2 Å². The number of nitrogens with one attached hydrogen (secondary N) is 2. The summed E-state index contributed by atoms with van der Waals surface area (Å²) in [5.41, 5.74) is 0. The lowest BCUT2D eigenvalue weighted by Gasteiger charge is -2.09. The molecule has 0 radical (unpaired) electrons. The third-order valence-corrected chi connectivity index (χ3v) is 4.27. The summed E-state index contributed by atoms with van der Waals surface area (Å²) in [5, 5.41) is 9.74. The molecule has 1 fully saturated rings. The molecule has 0 aromatic carbocycles. The molecule has 6 heteroatoms. The molecule has 21 heavy (non-hydrogen) atoms. The van der Waals surface area contributed by atoms with E-state index in [-0.39, 0.29) is 0 Å². The fourth-order valence-corrected chi connectivity index (χ4v) is 2.91. The first-order valence-corrected chi connectivity index (χ1v) is 8.55. The van der Waals surface area contributed by atoms with Crippen LogP contribution >= 0.6 is 11.3 Å². The van der Waals surface area contributed by atoms with Crippen LogP contribution in [-0.2, 0) is 4.74 Å². The van der Waals surface area contributed by atoms with Crippen LogP contribution < -0.4 is 10.6 Å². The minimum Gasteiger partial charge on any atom is -0.381 e. The number of ether oxygens (including phenoxy) is 1. The van der Waals surface area contributed by atoms with E-state index < -0.39 is 0 Å². The van der Waals surface area contributed by atoms with Crippen molar-refractivity contribution >= 4 is 33.3 Å². The fraction of sp³-hybridized carbons (Fsp3) is 0.600. The highest BCUT2D eigenvalue weighted by Crippen LogP contribution is 2.29. The SMILES string of the molecule is CCNc1nc(NCCCOCC2CC2)c2ccsc2n1. The summed E-state index contributed by atoms with van der Waals surface area (Å²) < 4.78 is 5.65. The lowest BCUT2D eigenvalue weighted by Crippen LogP contribution is -2.10. The first-order valence-electron chi connectivity index (χ1n) is 7.67. The summed E-state index contributed by atoms with van der Waals surface area (Å²) in [6, 6.07) is 2.07. The maximum absolute atomic E-state index is 5.65. The number of thiophene rings is 1. The Balaban J connectivity index is 1.52. The normalized spacial score (nSPS) is 14.5. The van der Waals surface area contributed by atoms with Crippen molar-refractivity contribution in [1.82, 2.24) is 9.97 Å². The quantitative estimate of drug-likeness (QED) is 0.696. The van der Waals surface area contributed by atoms with Crippen molar-refractivity contribution in [2.45, 2.75) is 26.2 Å². The standard InChI is InChI=1S/C15H22N4OS/c1-2-16-15-18-13(12-6-9-21-14(12)19-15)17-7-3-8-20-10-11-4-5-11/h6,9,11H,2-5,7-8,10H2,1H3,(H2,16,17,18,19). The van der Waals surface area contributed by atoms with E-state index in [4.69, 9.17) is 4.74 Å². The molecule has 0 bridgehead atoms. The van der Waals surface area contributed by atoms with Crippen molar-refractivity contribution in [3.8, 4) is 0 Å². The molecular weight excluding hydrogens is 284 g/mol. The molecule has 2 aromatic heterocycles. The average Bonchev–Trinajstić information content (AvgIpc) is 3.18. The van der Waals surface area contributed by atoms with Gasteiger partial charge < -0.3 is 15.4 Å². The van der Waals surface area contributed by atoms with Crippen LogP contribution in [-0.4, -0.2) is 36.3 Å². The van der Waals surface area contributed by atoms with E-state index in [2.05, 4.69) is 32.0 Å². The van der Waals surface area contributed by atoms with Crippen LogP contribution in [0.25, 0.3) is 10.2 Å². The highest BCUT2D eigenvalue weighted by molar-refractivity contribution is 7.16. The van der Waals surface area contributed by atoms with Crippen LogP contribution in [0.5, 0.6) is 0 Å². The third-order valence-electron chi connectivity index (χ3n) is 3.47. The second-order valence-electron chi connectivity index (χ2n) is 5.36. The van der Waals surface area contributed by atoms with E-state index in [0.29, 0.717) is 5.95 Å². The molecule has 0 aliphatic heterocycles. The zero-order chi connectivity index (χ0) is 14.5. The van der Waals surface area contributed by atoms with E-state index in [1.54, 1.807) is 11.3 Å². The Bertz CT molecular complexity index is 582. The van der Waals surface area contributed by atoms with E-state index in [1.165, 1.54) is 12.8 Å². The van der Waals surface area contributed by atoms with Crippen molar-refractivity contribution in [3.05, 3.63) is 11.4 Å². The molecule has 0 atom stereocenters. The molecule has 1 saturated carbocycles. The van der Waals surface area contributed by atoms with Gasteiger partial charge in [0.05, 0.1) is 5.39 Å². The molecule has 0 spiro atoms. The molecule has 0 amide bonds. The number of rotatable bonds is 9. The van der Waals surface area contributed by atoms with Gasteiger partial charge in [-0.2, -0.15) is 4.98 Å². The lowest BCUT2D eigenvalue weighted by molar-refractivity contribution is 0.124. The van der Waals surface area contributed by atoms with E-state index in [9.17, 15) is 0 Å². The second-order valence-corrected chi connectivity index (χ2v) is 6.26. The fourth-order valence-electron chi connectivity index (χ4n) is 2.14. The molecular formula is C15H22N4OS. The number of hydrogen-bond donors (Lipinski definition) is 2. The van der Waals surface area contributed by atoms with Crippen molar-refractivity contribution in [1.29, 1.82) is 0 Å². The summed E-state index contributed by atoms with van der Waals surface area (Å²) in [6.07, 6.45) is 3.70. The smallest absolute Gasteiger partial charge is 0.226 e. The van der Waals surface area contributed by atoms with Crippen LogP contribution in [0.2, 0.25) is 0 Å². The Kier molecular flexibility index (Phi) is 4.87. The van der Waals surface area contributed by atoms with Gasteiger partial charge in [-0.3, -0.25) is 0 Å². The molecule has 0 saturated heterocycles. The lowest BCUT2D eigenvalue weighted by atomic mass is 10.3. The number of nitrogens with zero attached hydrogens (tertiary/aromatic N) is 2. The average molecular weight is 306 g/mol. The Morgan fingerprint density at radius 1 is 1.33 bits per heavy atom. The highest BCUT2D eigenvalue weighted by Gasteiger charge is 2.20. The summed E-state index contributed by atoms with van der Waals surface area (Å²) >= 11 is 1.64. The maximum atomic E-state index is 5.65. The molecule has 2 N–H and O–H groups in total. The van der Waals surface area contributed by atoms with Crippen molar-refractivity contribution in [2.75, 3.05) is 36.9 Å². The second kappa shape index (κ2) is 7.04. The van der Waals surface area contributed by atoms with Crippen molar-refractivity contribution in [2.24, 2.45) is 5.92 Å². The molecule has 114 valence electrons. The van der Waals surface area contributed by atoms with Crippen molar-refractivity contribution < 1.29 is 4.74 Å². The molecule has 3 rings (SSSR count). The van der Waals surface area contributed by atoms with Gasteiger partial charge in [0.1, 0.15) is 10.6 Å². The number of hydrogen-bond acceptors (Lipinski definition) is 6. The Morgan fingerprint density at radius 3 is 3.05 bits per heavy atom. The van der Waals surface area contributed by atoms with Gasteiger partial charge >= 0.3 is 0 Å². The highest BCUT2D eigenvalue weighted by atomic mass is 32.1. The Morgan fingerprint density at radius 2 is 2.24 bits per heavy atom. The van der Waals surface area contributed by atoms with Gasteiger partial charge in [0.15, 0.2) is 0 Å². The minimum atomic E-state index is 0.694. The van der Waals surface area contributed by atoms with Gasteiger partial charge in [-0.15, -0.1) is 11.3 Å². The largest absolute Gasteiger partial charge is 0.381 e. The van der Waals surface area contributed by atoms with Gasteiger partial charge in [-0.25, -0.2) is 4.98 Å². The third kappa shape index (κ3) is 4.04. The molecule has 1 aliphatic carbocycles. The summed E-state index contributed by atoms with van der Waals surface area (Å²) in [6.45, 7) is 5.50. The topological polar surface area (TPSA) is 59.1 Å². The monoisotopic (exact) mass is 306 g/mol. The number of fused-ring (bicyclic) bond motifs is 1. The number of aromatic nitrogens is 2. The molecule has 0 unspecified atom stereocenters. The first-order chi connectivity index (χ1) is 10.4. The predicted octanol–water partition coefficient (Wildman–Crippen LogP) is 3.35. The minimum absolute atomic E-state index is 0.694. The van der Waals surface area contributed by atoms with Gasteiger partial charge in [0.25, 0.3) is 0 Å². The summed E-state index contributed by atoms with van der Waals surface area (Å²) in [7, 11) is 0. The van der Waals surface area contributed by atoms with Crippen LogP contribution in [0, 0.1) is 5.92 Å². The summed E-state index contributed by atoms with van der Waals surface area (Å²) in [4.78, 5) is 10.1. The molecule has 1 aliphatic rings. The predicted molar refractivity (Wildman–Crippen MR) is 88.2 cm³/mol. The molecule has 2 aromatic rings. The van der Waals surface area contributed by atoms with E-state index in [0.717, 1.165) is 54.7 Å². The molecule has 5 nitrogen and oxygen atoms in total. The summed E-state index contributed by atoms with van der Waals surface area (Å²) in [5.74, 6) is 2.45. The van der Waals surface area contributed by atoms with Crippen molar-refractivity contribution in [3.63, 3.8) is 0 Å². The van der Waals surface area contributed by atoms with Gasteiger partial charge in [-0.1, -0.05) is 0 Å². The van der Waals surface area contributed by atoms with Crippen LogP contribution in [0.15, 0.2) is 11.4 Å².